The third kappa shape index (κ3) is 0.867. The van der Waals surface area contributed by atoms with Crippen LogP contribution in [0.1, 0.15) is 19.8 Å². The Balaban J connectivity index is 2.06. The first-order chi connectivity index (χ1) is 4.92. The maximum Gasteiger partial charge on any atom is 0.0224 e. The molecule has 0 aromatic rings. The van der Waals surface area contributed by atoms with Gasteiger partial charge in [0.1, 0.15) is 0 Å². The van der Waals surface area contributed by atoms with E-state index in [0.717, 1.165) is 12.1 Å². The number of likely N-dealkylation sites (N-methyl/N-ethyl adjacent to an activating group) is 1. The van der Waals surface area contributed by atoms with E-state index in [0.29, 0.717) is 0 Å². The van der Waals surface area contributed by atoms with Gasteiger partial charge in [-0.25, -0.2) is 0 Å². The molecule has 2 bridgehead atoms. The fraction of sp³-hybridized carbons (Fsp3) is 1.00. The Bertz CT molecular complexity index is 108. The SMILES string of the molecule is CCN1[C@H]2CC[C@H]1CNC2. The summed E-state index contributed by atoms with van der Waals surface area (Å²) in [6.07, 6.45) is 2.84. The summed E-state index contributed by atoms with van der Waals surface area (Å²) in [5.41, 5.74) is 0. The largest absolute Gasteiger partial charge is 0.314 e. The average molecular weight is 140 g/mol. The van der Waals surface area contributed by atoms with E-state index >= 15 is 0 Å². The third-order valence-electron chi connectivity index (χ3n) is 2.90. The van der Waals surface area contributed by atoms with Crippen molar-refractivity contribution < 1.29 is 0 Å². The summed E-state index contributed by atoms with van der Waals surface area (Å²) in [6.45, 7) is 5.97. The summed E-state index contributed by atoms with van der Waals surface area (Å²) in [5.74, 6) is 0. The molecule has 2 atom stereocenters. The van der Waals surface area contributed by atoms with Crippen LogP contribution in [-0.4, -0.2) is 36.6 Å². The van der Waals surface area contributed by atoms with Crippen LogP contribution in [0.15, 0.2) is 0 Å². The molecule has 0 aliphatic carbocycles. The highest BCUT2D eigenvalue weighted by Gasteiger charge is 2.34. The highest BCUT2D eigenvalue weighted by Crippen LogP contribution is 2.25. The Hall–Kier alpha value is -0.0800. The van der Waals surface area contributed by atoms with Crippen LogP contribution in [-0.2, 0) is 0 Å². The predicted molar refractivity (Wildman–Crippen MR) is 42.1 cm³/mol. The van der Waals surface area contributed by atoms with Gasteiger partial charge < -0.3 is 5.32 Å². The summed E-state index contributed by atoms with van der Waals surface area (Å²) in [4.78, 5) is 2.65. The molecule has 58 valence electrons. The van der Waals surface area contributed by atoms with E-state index in [1.165, 1.54) is 32.5 Å². The van der Waals surface area contributed by atoms with Crippen molar-refractivity contribution in [2.24, 2.45) is 0 Å². The first-order valence-corrected chi connectivity index (χ1v) is 4.38. The summed E-state index contributed by atoms with van der Waals surface area (Å²) in [6, 6.07) is 1.73. The van der Waals surface area contributed by atoms with E-state index < -0.39 is 0 Å². The zero-order valence-electron chi connectivity index (χ0n) is 6.64. The van der Waals surface area contributed by atoms with Gasteiger partial charge in [-0.15, -0.1) is 0 Å². The minimum absolute atomic E-state index is 0.865. The molecule has 0 aromatic heterocycles. The van der Waals surface area contributed by atoms with Gasteiger partial charge in [-0.3, -0.25) is 4.90 Å². The molecule has 10 heavy (non-hydrogen) atoms. The van der Waals surface area contributed by atoms with E-state index in [1.807, 2.05) is 0 Å². The van der Waals surface area contributed by atoms with Crippen molar-refractivity contribution in [2.75, 3.05) is 19.6 Å². The molecular formula is C8H16N2. The van der Waals surface area contributed by atoms with Crippen molar-refractivity contribution in [3.63, 3.8) is 0 Å². The molecule has 0 amide bonds. The minimum Gasteiger partial charge on any atom is -0.314 e. The lowest BCUT2D eigenvalue weighted by molar-refractivity contribution is 0.162. The van der Waals surface area contributed by atoms with Gasteiger partial charge in [0.15, 0.2) is 0 Å². The lowest BCUT2D eigenvalue weighted by Gasteiger charge is -2.34. The second-order valence-electron chi connectivity index (χ2n) is 3.37. The quantitative estimate of drug-likeness (QED) is 0.568. The summed E-state index contributed by atoms with van der Waals surface area (Å²) in [7, 11) is 0. The molecule has 2 heteroatoms. The zero-order chi connectivity index (χ0) is 6.97. The Morgan fingerprint density at radius 2 is 1.90 bits per heavy atom. The van der Waals surface area contributed by atoms with E-state index in [4.69, 9.17) is 0 Å². The molecule has 2 aliphatic heterocycles. The van der Waals surface area contributed by atoms with Gasteiger partial charge in [0.2, 0.25) is 0 Å². The van der Waals surface area contributed by atoms with Crippen molar-refractivity contribution in [2.45, 2.75) is 31.8 Å². The Morgan fingerprint density at radius 1 is 1.30 bits per heavy atom. The van der Waals surface area contributed by atoms with Gasteiger partial charge in [0.05, 0.1) is 0 Å². The number of nitrogens with zero attached hydrogens (tertiary/aromatic N) is 1. The number of hydrogen-bond donors (Lipinski definition) is 1. The Kier molecular flexibility index (Phi) is 1.66. The summed E-state index contributed by atoms with van der Waals surface area (Å²) < 4.78 is 0. The topological polar surface area (TPSA) is 15.3 Å². The number of rotatable bonds is 1. The van der Waals surface area contributed by atoms with Gasteiger partial charge in [0, 0.05) is 25.2 Å². The predicted octanol–water partition coefficient (Wildman–Crippen LogP) is 0.442. The fourth-order valence-corrected chi connectivity index (χ4v) is 2.39. The molecule has 2 heterocycles. The fourth-order valence-electron chi connectivity index (χ4n) is 2.39. The first kappa shape index (κ1) is 6.62. The lowest BCUT2D eigenvalue weighted by atomic mass is 10.2. The molecule has 0 spiro atoms. The Morgan fingerprint density at radius 3 is 2.30 bits per heavy atom. The highest BCUT2D eigenvalue weighted by atomic mass is 15.3. The maximum absolute atomic E-state index is 3.47. The monoisotopic (exact) mass is 140 g/mol. The normalized spacial score (nSPS) is 40.5. The zero-order valence-corrected chi connectivity index (χ0v) is 6.64. The maximum atomic E-state index is 3.47. The van der Waals surface area contributed by atoms with Crippen LogP contribution < -0.4 is 5.32 Å². The summed E-state index contributed by atoms with van der Waals surface area (Å²) in [5, 5.41) is 3.47. The van der Waals surface area contributed by atoms with Crippen LogP contribution in [0, 0.1) is 0 Å². The van der Waals surface area contributed by atoms with Crippen molar-refractivity contribution in [1.29, 1.82) is 0 Å². The number of piperazine rings is 1. The van der Waals surface area contributed by atoms with Gasteiger partial charge in [-0.05, 0) is 19.4 Å². The Labute approximate surface area is 62.6 Å². The van der Waals surface area contributed by atoms with Crippen LogP contribution in [0.2, 0.25) is 0 Å². The molecule has 0 saturated carbocycles. The van der Waals surface area contributed by atoms with Crippen LogP contribution in [0.5, 0.6) is 0 Å². The second kappa shape index (κ2) is 2.51. The molecule has 2 aliphatic rings. The van der Waals surface area contributed by atoms with E-state index in [2.05, 4.69) is 17.1 Å². The third-order valence-corrected chi connectivity index (χ3v) is 2.90. The van der Waals surface area contributed by atoms with Gasteiger partial charge in [0.25, 0.3) is 0 Å². The molecule has 0 aromatic carbocycles. The lowest BCUT2D eigenvalue weighted by Crippen LogP contribution is -2.51. The van der Waals surface area contributed by atoms with Crippen LogP contribution in [0.4, 0.5) is 0 Å². The van der Waals surface area contributed by atoms with Gasteiger partial charge in [-0.2, -0.15) is 0 Å². The van der Waals surface area contributed by atoms with Crippen molar-refractivity contribution >= 4 is 0 Å². The molecular weight excluding hydrogens is 124 g/mol. The molecule has 0 unspecified atom stereocenters. The average Bonchev–Trinajstić information content (AvgIpc) is 2.19. The highest BCUT2D eigenvalue weighted by molar-refractivity contribution is 4.93. The number of hydrogen-bond acceptors (Lipinski definition) is 2. The van der Waals surface area contributed by atoms with Crippen molar-refractivity contribution in [3.05, 3.63) is 0 Å². The molecule has 2 rings (SSSR count). The van der Waals surface area contributed by atoms with Gasteiger partial charge >= 0.3 is 0 Å². The second-order valence-corrected chi connectivity index (χ2v) is 3.37. The van der Waals surface area contributed by atoms with E-state index in [1.54, 1.807) is 0 Å². The minimum atomic E-state index is 0.865. The molecule has 1 N–H and O–H groups in total. The molecule has 2 fully saturated rings. The van der Waals surface area contributed by atoms with Crippen molar-refractivity contribution in [3.8, 4) is 0 Å². The molecule has 0 radical (unpaired) electrons. The number of nitrogens with one attached hydrogen (secondary N) is 1. The molecule has 2 nitrogen and oxygen atoms in total. The standard InChI is InChI=1S/C8H16N2/c1-2-10-7-3-4-8(10)6-9-5-7/h7-9H,2-6H2,1H3/t7-,8-/m0/s1. The summed E-state index contributed by atoms with van der Waals surface area (Å²) >= 11 is 0. The van der Waals surface area contributed by atoms with E-state index in [-0.39, 0.29) is 0 Å². The van der Waals surface area contributed by atoms with Crippen LogP contribution >= 0.6 is 0 Å². The van der Waals surface area contributed by atoms with Crippen LogP contribution in [0.25, 0.3) is 0 Å². The van der Waals surface area contributed by atoms with Crippen molar-refractivity contribution in [1.82, 2.24) is 10.2 Å². The van der Waals surface area contributed by atoms with Gasteiger partial charge in [-0.1, -0.05) is 6.92 Å². The number of fused-ring (bicyclic) bond motifs is 2. The van der Waals surface area contributed by atoms with Crippen LogP contribution in [0.3, 0.4) is 0 Å². The molecule has 2 saturated heterocycles. The smallest absolute Gasteiger partial charge is 0.0224 e. The van der Waals surface area contributed by atoms with E-state index in [9.17, 15) is 0 Å². The first-order valence-electron chi connectivity index (χ1n) is 4.38.